The first-order valence-corrected chi connectivity index (χ1v) is 29.1. The highest BCUT2D eigenvalue weighted by molar-refractivity contribution is 7.13. The van der Waals surface area contributed by atoms with E-state index in [2.05, 4.69) is 31.2 Å². The Kier molecular flexibility index (Phi) is 25.6. The number of likely N-dealkylation sites (tertiary alicyclic amines) is 2. The second kappa shape index (κ2) is 32.2. The van der Waals surface area contributed by atoms with Crippen molar-refractivity contribution in [3.8, 4) is 20.9 Å². The first-order valence-electron chi connectivity index (χ1n) is 27.4. The molecule has 4 aromatic rings. The second-order valence-electron chi connectivity index (χ2n) is 21.4. The summed E-state index contributed by atoms with van der Waals surface area (Å²) in [4.78, 5) is 93.7. The van der Waals surface area contributed by atoms with E-state index in [4.69, 9.17) is 28.4 Å². The standard InChI is InChI=1S/C57H80N8O14S2/c1-36(2)49(55(72)64-30-43(66)26-45(64)53(70)58-28-39-8-12-41(13-9-39)50-37(3)60-34-80-50)62-47(68)32-78-24-22-76-20-18-74-16-17-75-19-21-77-23-25-79-33-48(69)63-52(57(5,6)7)56(73)65-31-44(67)27-46(65)54(71)59-29-40-10-14-42(15-11-40)51-38(4)61-35-81-51/h8-15,34-36,43-46,49,52,66-67H,16-33H2,1-7H3,(H,58,70)(H,59,71)(H,62,68)(H,63,69)/t43-,44-,45+,46+,49+,52-/m1/s1. The summed E-state index contributed by atoms with van der Waals surface area (Å²) < 4.78 is 33.1. The number of aliphatic hydroxyl groups excluding tert-OH is 2. The zero-order chi connectivity index (χ0) is 58.5. The molecule has 444 valence electrons. The summed E-state index contributed by atoms with van der Waals surface area (Å²) in [5.74, 6) is -3.00. The predicted octanol–water partition coefficient (Wildman–Crippen LogP) is 3.18. The van der Waals surface area contributed by atoms with Gasteiger partial charge in [0, 0.05) is 39.0 Å². The number of aromatic nitrogens is 2. The van der Waals surface area contributed by atoms with Crippen LogP contribution in [-0.4, -0.2) is 194 Å². The molecule has 81 heavy (non-hydrogen) atoms. The van der Waals surface area contributed by atoms with Crippen molar-refractivity contribution in [1.82, 2.24) is 41.0 Å². The highest BCUT2D eigenvalue weighted by Gasteiger charge is 2.45. The molecule has 0 radical (unpaired) electrons. The Bertz CT molecular complexity index is 2650. The number of ether oxygens (including phenoxy) is 6. The van der Waals surface area contributed by atoms with Gasteiger partial charge in [-0.2, -0.15) is 0 Å². The van der Waals surface area contributed by atoms with Gasteiger partial charge in [-0.05, 0) is 47.4 Å². The van der Waals surface area contributed by atoms with E-state index in [0.717, 1.165) is 43.4 Å². The summed E-state index contributed by atoms with van der Waals surface area (Å²) in [5, 5.41) is 32.4. The summed E-state index contributed by atoms with van der Waals surface area (Å²) in [6.45, 7) is 15.3. The molecule has 0 aliphatic carbocycles. The highest BCUT2D eigenvalue weighted by atomic mass is 32.1. The van der Waals surface area contributed by atoms with Crippen molar-refractivity contribution in [2.45, 2.75) is 111 Å². The second-order valence-corrected chi connectivity index (χ2v) is 23.1. The maximum atomic E-state index is 13.9. The number of nitrogens with one attached hydrogen (secondary N) is 4. The van der Waals surface area contributed by atoms with Crippen LogP contribution in [0, 0.1) is 25.2 Å². The van der Waals surface area contributed by atoms with Crippen molar-refractivity contribution in [3.05, 3.63) is 82.1 Å². The molecule has 6 N–H and O–H groups in total. The summed E-state index contributed by atoms with van der Waals surface area (Å²) in [6.07, 6.45) is -1.60. The predicted molar refractivity (Wildman–Crippen MR) is 304 cm³/mol. The molecule has 0 spiro atoms. The van der Waals surface area contributed by atoms with E-state index in [1.807, 2.05) is 83.1 Å². The smallest absolute Gasteiger partial charge is 0.246 e. The zero-order valence-electron chi connectivity index (χ0n) is 47.4. The van der Waals surface area contributed by atoms with E-state index in [9.17, 15) is 39.0 Å². The lowest BCUT2D eigenvalue weighted by Crippen LogP contribution is -2.58. The van der Waals surface area contributed by atoms with Crippen LogP contribution in [0.5, 0.6) is 0 Å². The molecular weight excluding hydrogens is 1080 g/mol. The molecule has 6 rings (SSSR count). The number of benzene rings is 2. The fourth-order valence-electron chi connectivity index (χ4n) is 9.18. The van der Waals surface area contributed by atoms with Crippen LogP contribution >= 0.6 is 22.7 Å². The van der Waals surface area contributed by atoms with Crippen LogP contribution in [-0.2, 0) is 70.3 Å². The highest BCUT2D eigenvalue weighted by Crippen LogP contribution is 2.30. The lowest BCUT2D eigenvalue weighted by Gasteiger charge is -2.35. The number of rotatable bonds is 32. The number of carbonyl (C=O) groups excluding carboxylic acids is 6. The Hall–Kier alpha value is -5.80. The third-order valence-corrected chi connectivity index (χ3v) is 15.5. The summed E-state index contributed by atoms with van der Waals surface area (Å²) >= 11 is 3.12. The number of aryl methyl sites for hydroxylation is 2. The number of aliphatic hydroxyl groups is 2. The fourth-order valence-corrected chi connectivity index (χ4v) is 10.8. The summed E-state index contributed by atoms with van der Waals surface area (Å²) in [6, 6.07) is 11.9. The van der Waals surface area contributed by atoms with Crippen molar-refractivity contribution >= 4 is 58.1 Å². The van der Waals surface area contributed by atoms with E-state index >= 15 is 0 Å². The molecule has 4 heterocycles. The number of nitrogens with zero attached hydrogens (tertiary/aromatic N) is 4. The Morgan fingerprint density at radius 1 is 0.580 bits per heavy atom. The average molecular weight is 1170 g/mol. The van der Waals surface area contributed by atoms with Gasteiger partial charge in [0.15, 0.2) is 0 Å². The maximum absolute atomic E-state index is 13.9. The first kappa shape index (κ1) is 64.4. The summed E-state index contributed by atoms with van der Waals surface area (Å²) in [5.41, 5.74) is 8.63. The molecule has 2 aromatic carbocycles. The van der Waals surface area contributed by atoms with Gasteiger partial charge >= 0.3 is 0 Å². The van der Waals surface area contributed by atoms with Gasteiger partial charge in [-0.3, -0.25) is 28.8 Å². The minimum absolute atomic E-state index is 0.0243. The molecular formula is C57H80N8O14S2. The molecule has 6 amide bonds. The van der Waals surface area contributed by atoms with Crippen LogP contribution in [0.15, 0.2) is 59.6 Å². The number of carbonyl (C=O) groups is 6. The number of thiazole rings is 2. The van der Waals surface area contributed by atoms with Gasteiger partial charge < -0.3 is 69.7 Å². The van der Waals surface area contributed by atoms with Gasteiger partial charge in [-0.1, -0.05) is 83.1 Å². The molecule has 2 fully saturated rings. The zero-order valence-corrected chi connectivity index (χ0v) is 49.1. The Labute approximate surface area is 482 Å². The number of hydrogen-bond acceptors (Lipinski definition) is 18. The van der Waals surface area contributed by atoms with Crippen molar-refractivity contribution < 1.29 is 67.4 Å². The topological polar surface area (TPSA) is 279 Å². The van der Waals surface area contributed by atoms with Gasteiger partial charge in [-0.15, -0.1) is 22.7 Å². The summed E-state index contributed by atoms with van der Waals surface area (Å²) in [7, 11) is 0. The Balaban J connectivity index is 0.755. The molecule has 24 heteroatoms. The van der Waals surface area contributed by atoms with Crippen LogP contribution in [0.4, 0.5) is 0 Å². The van der Waals surface area contributed by atoms with Crippen LogP contribution in [0.1, 0.15) is 70.0 Å². The SMILES string of the molecule is Cc1ncsc1-c1ccc(CNC(=O)[C@@H]2C[C@@H](O)CN2C(=O)[C@@H](NC(=O)COCCOCCOCCOCCOCCOCC(=O)N[C@H](C(=O)N2C[C@H](O)C[C@H]2C(=O)NCc2ccc(-c3scnc3C)cc2)C(C)(C)C)C(C)C)cc1. The average Bonchev–Trinajstić information content (AvgIpc) is 4.30. The van der Waals surface area contributed by atoms with Crippen molar-refractivity contribution in [3.63, 3.8) is 0 Å². The lowest BCUT2D eigenvalue weighted by molar-refractivity contribution is -0.144. The number of β-amino-alcohol motifs (C(OH)–C–C–N with tert-alkyl or cyclic N) is 2. The quantitative estimate of drug-likeness (QED) is 0.0383. The van der Waals surface area contributed by atoms with Crippen LogP contribution in [0.25, 0.3) is 20.9 Å². The first-order chi connectivity index (χ1) is 38.8. The molecule has 0 unspecified atom stereocenters. The van der Waals surface area contributed by atoms with E-state index in [1.54, 1.807) is 47.5 Å². The molecule has 0 bridgehead atoms. The van der Waals surface area contributed by atoms with Crippen molar-refractivity contribution in [2.24, 2.45) is 11.3 Å². The molecule has 6 atom stereocenters. The monoisotopic (exact) mass is 1160 g/mol. The minimum atomic E-state index is -0.987. The molecule has 2 saturated heterocycles. The van der Waals surface area contributed by atoms with Gasteiger partial charge in [0.2, 0.25) is 35.4 Å². The van der Waals surface area contributed by atoms with E-state index in [1.165, 1.54) is 9.80 Å². The fraction of sp³-hybridized carbons (Fsp3) is 0.579. The van der Waals surface area contributed by atoms with Crippen molar-refractivity contribution in [2.75, 3.05) is 92.4 Å². The maximum Gasteiger partial charge on any atom is 0.246 e. The van der Waals surface area contributed by atoms with E-state index in [0.29, 0.717) is 26.4 Å². The third-order valence-electron chi connectivity index (χ3n) is 13.6. The Morgan fingerprint density at radius 2 is 0.951 bits per heavy atom. The van der Waals surface area contributed by atoms with Crippen LogP contribution in [0.2, 0.25) is 0 Å². The number of hydrogen-bond donors (Lipinski definition) is 6. The van der Waals surface area contributed by atoms with E-state index in [-0.39, 0.29) is 110 Å². The van der Waals surface area contributed by atoms with Gasteiger partial charge in [0.1, 0.15) is 37.4 Å². The largest absolute Gasteiger partial charge is 0.391 e. The van der Waals surface area contributed by atoms with Gasteiger partial charge in [0.05, 0.1) is 110 Å². The van der Waals surface area contributed by atoms with Crippen molar-refractivity contribution in [1.29, 1.82) is 0 Å². The van der Waals surface area contributed by atoms with Crippen LogP contribution < -0.4 is 21.3 Å². The molecule has 22 nitrogen and oxygen atoms in total. The third kappa shape index (κ3) is 20.0. The minimum Gasteiger partial charge on any atom is -0.391 e. The molecule has 0 saturated carbocycles. The normalized spacial score (nSPS) is 18.0. The van der Waals surface area contributed by atoms with Gasteiger partial charge in [0.25, 0.3) is 0 Å². The molecule has 2 aromatic heterocycles. The Morgan fingerprint density at radius 3 is 1.31 bits per heavy atom. The van der Waals surface area contributed by atoms with Gasteiger partial charge in [-0.25, -0.2) is 9.97 Å². The molecule has 2 aliphatic heterocycles. The lowest BCUT2D eigenvalue weighted by atomic mass is 9.85. The number of amides is 6. The van der Waals surface area contributed by atoms with E-state index < -0.39 is 65.4 Å². The molecule has 2 aliphatic rings. The van der Waals surface area contributed by atoms with Crippen LogP contribution in [0.3, 0.4) is 0 Å².